The van der Waals surface area contributed by atoms with Crippen molar-refractivity contribution in [3.8, 4) is 17.2 Å². The highest BCUT2D eigenvalue weighted by Gasteiger charge is 2.50. The minimum atomic E-state index is -2.24. The number of aromatic hydroxyl groups is 2. The lowest BCUT2D eigenvalue weighted by molar-refractivity contribution is -0.247. The van der Waals surface area contributed by atoms with Crippen LogP contribution in [0.5, 0.6) is 17.2 Å². The highest BCUT2D eigenvalue weighted by atomic mass is 35.5. The first-order valence-electron chi connectivity index (χ1n) is 13.4. The van der Waals surface area contributed by atoms with E-state index in [1.54, 1.807) is 13.8 Å². The lowest BCUT2D eigenvalue weighted by Crippen LogP contribution is -2.53. The molecule has 1 fully saturated rings. The molecule has 0 amide bonds. The second-order valence-electron chi connectivity index (χ2n) is 10.5. The summed E-state index contributed by atoms with van der Waals surface area (Å²) in [7, 11) is 1.32. The van der Waals surface area contributed by atoms with Crippen molar-refractivity contribution in [1.82, 2.24) is 0 Å². The molecule has 2 aromatic carbocycles. The van der Waals surface area contributed by atoms with Crippen LogP contribution < -0.4 is 10.5 Å². The molecular formula is C29H36ClNO12. The van der Waals surface area contributed by atoms with Crippen LogP contribution in [0.3, 0.4) is 0 Å². The Hall–Kier alpha value is -3.14. The van der Waals surface area contributed by atoms with Crippen LogP contribution in [0, 0.1) is 0 Å². The Morgan fingerprint density at radius 1 is 1.12 bits per heavy atom. The Bertz CT molecular complexity index is 1400. The zero-order chi connectivity index (χ0) is 31.1. The van der Waals surface area contributed by atoms with E-state index >= 15 is 0 Å². The van der Waals surface area contributed by atoms with Crippen LogP contribution in [-0.2, 0) is 20.7 Å². The normalized spacial score (nSPS) is 27.5. The van der Waals surface area contributed by atoms with E-state index < -0.39 is 95.7 Å². The molecule has 0 unspecified atom stereocenters. The number of halogens is 1. The van der Waals surface area contributed by atoms with Crippen LogP contribution >= 0.6 is 12.4 Å². The highest BCUT2D eigenvalue weighted by molar-refractivity contribution is 6.31. The van der Waals surface area contributed by atoms with E-state index in [-0.39, 0.29) is 53.4 Å². The van der Waals surface area contributed by atoms with Crippen LogP contribution in [0.15, 0.2) is 18.2 Å². The van der Waals surface area contributed by atoms with Crippen molar-refractivity contribution in [2.45, 2.75) is 69.4 Å². The summed E-state index contributed by atoms with van der Waals surface area (Å²) in [5.41, 5.74) is 2.37. The number of methoxy groups -OCH3 is 1. The Morgan fingerprint density at radius 3 is 2.33 bits per heavy atom. The fourth-order valence-electron chi connectivity index (χ4n) is 5.75. The van der Waals surface area contributed by atoms with E-state index in [2.05, 4.69) is 0 Å². The third-order valence-corrected chi connectivity index (χ3v) is 7.81. The number of hydrogen-bond acceptors (Lipinski definition) is 13. The first-order valence-corrected chi connectivity index (χ1v) is 13.4. The van der Waals surface area contributed by atoms with Gasteiger partial charge >= 0.3 is 0 Å². The third-order valence-electron chi connectivity index (χ3n) is 7.81. The maximum Gasteiger partial charge on any atom is 0.202 e. The second-order valence-corrected chi connectivity index (χ2v) is 10.5. The number of rotatable bonds is 5. The number of Topliss-reactive ketones (excluding diaryl/α,β-unsaturated/α-hetero) is 1. The lowest BCUT2D eigenvalue weighted by atomic mass is 9.72. The number of carbonyl (C=O) groups excluding carboxylic acids is 3. The number of fused-ring (bicyclic) bond motifs is 3. The molecule has 1 aliphatic heterocycles. The van der Waals surface area contributed by atoms with Crippen molar-refractivity contribution in [2.24, 2.45) is 5.73 Å². The topological polar surface area (TPSA) is 226 Å². The van der Waals surface area contributed by atoms with Gasteiger partial charge in [0.25, 0.3) is 0 Å². The minimum absolute atomic E-state index is 0. The number of ether oxygens (including phenoxy) is 3. The van der Waals surface area contributed by atoms with Gasteiger partial charge in [0, 0.05) is 48.6 Å². The molecule has 3 aliphatic rings. The zero-order valence-electron chi connectivity index (χ0n) is 23.8. The van der Waals surface area contributed by atoms with Crippen LogP contribution in [0.2, 0.25) is 0 Å². The van der Waals surface area contributed by atoms with Gasteiger partial charge in [0.05, 0.1) is 42.1 Å². The van der Waals surface area contributed by atoms with Crippen molar-refractivity contribution >= 4 is 29.8 Å². The zero-order valence-corrected chi connectivity index (χ0v) is 24.6. The summed E-state index contributed by atoms with van der Waals surface area (Å²) in [5, 5.41) is 61.3. The van der Waals surface area contributed by atoms with Crippen LogP contribution in [0.1, 0.15) is 75.8 Å². The number of phenolic OH excluding ortho intramolecular Hbond substituents is 2. The molecule has 13 nitrogen and oxygen atoms in total. The monoisotopic (exact) mass is 625 g/mol. The quantitative estimate of drug-likeness (QED) is 0.191. The lowest BCUT2D eigenvalue weighted by Gasteiger charge is -2.42. The fraction of sp³-hybridized carbons (Fsp3) is 0.483. The highest BCUT2D eigenvalue weighted by Crippen LogP contribution is 2.52. The molecule has 0 radical (unpaired) electrons. The average Bonchev–Trinajstić information content (AvgIpc) is 2.95. The average molecular weight is 626 g/mol. The molecule has 0 spiro atoms. The number of aliphatic hydroxyl groups excluding tert-OH is 3. The van der Waals surface area contributed by atoms with Crippen molar-refractivity contribution in [1.29, 1.82) is 0 Å². The van der Waals surface area contributed by atoms with Crippen LogP contribution in [-0.4, -0.2) is 98.5 Å². The molecule has 0 aromatic heterocycles. The molecule has 2 aromatic rings. The summed E-state index contributed by atoms with van der Waals surface area (Å²) >= 11 is 0. The maximum atomic E-state index is 13.6. The predicted octanol–water partition coefficient (Wildman–Crippen LogP) is 0.422. The Balaban J connectivity index is 0.00000121. The van der Waals surface area contributed by atoms with Crippen molar-refractivity contribution in [2.75, 3.05) is 20.3 Å². The largest absolute Gasteiger partial charge is 0.507 e. The van der Waals surface area contributed by atoms with Gasteiger partial charge in [0.15, 0.2) is 17.9 Å². The van der Waals surface area contributed by atoms with Gasteiger partial charge in [0.1, 0.15) is 29.5 Å². The molecule has 6 atom stereocenters. The second kappa shape index (κ2) is 13.2. The van der Waals surface area contributed by atoms with Gasteiger partial charge < -0.3 is 50.6 Å². The summed E-state index contributed by atoms with van der Waals surface area (Å²) in [4.78, 5) is 39.7. The number of carbonyl (C=O) groups is 3. The van der Waals surface area contributed by atoms with E-state index in [1.165, 1.54) is 25.3 Å². The minimum Gasteiger partial charge on any atom is -0.507 e. The SMILES string of the molecule is CCO.COc1cccc2c1C(=O)c1c(O)c3c(c(O)c1C2=O)C[C@@](O)(C(=O)CO)C[C@@H]3O[C@H]1C[C@H](N)[C@@H](O)[C@H](C)O1.Cl. The Morgan fingerprint density at radius 2 is 1.74 bits per heavy atom. The molecule has 0 bridgehead atoms. The van der Waals surface area contributed by atoms with E-state index in [9.17, 15) is 39.9 Å². The summed E-state index contributed by atoms with van der Waals surface area (Å²) < 4.78 is 17.0. The number of aliphatic hydroxyl groups is 4. The summed E-state index contributed by atoms with van der Waals surface area (Å²) in [6.45, 7) is 2.49. The summed E-state index contributed by atoms with van der Waals surface area (Å²) in [5.74, 6) is -3.77. The first kappa shape index (κ1) is 34.4. The molecule has 1 heterocycles. The predicted molar refractivity (Wildman–Crippen MR) is 152 cm³/mol. The van der Waals surface area contributed by atoms with Crippen LogP contribution in [0.4, 0.5) is 0 Å². The summed E-state index contributed by atoms with van der Waals surface area (Å²) in [6, 6.07) is 3.64. The number of phenols is 2. The van der Waals surface area contributed by atoms with Crippen molar-refractivity contribution in [3.05, 3.63) is 51.6 Å². The van der Waals surface area contributed by atoms with Crippen molar-refractivity contribution in [3.63, 3.8) is 0 Å². The maximum absolute atomic E-state index is 13.6. The molecule has 236 valence electrons. The summed E-state index contributed by atoms with van der Waals surface area (Å²) in [6.07, 6.45) is -5.12. The number of benzene rings is 2. The third kappa shape index (κ3) is 5.87. The van der Waals surface area contributed by atoms with E-state index in [0.717, 1.165) is 0 Å². The molecular weight excluding hydrogens is 590 g/mol. The molecule has 14 heteroatoms. The molecule has 43 heavy (non-hydrogen) atoms. The van der Waals surface area contributed by atoms with Gasteiger partial charge in [-0.25, -0.2) is 0 Å². The Labute approximate surface area is 253 Å². The van der Waals surface area contributed by atoms with Gasteiger partial charge in [-0.2, -0.15) is 0 Å². The number of hydrogen-bond donors (Lipinski definition) is 7. The van der Waals surface area contributed by atoms with Gasteiger partial charge in [-0.15, -0.1) is 12.4 Å². The molecule has 5 rings (SSSR count). The van der Waals surface area contributed by atoms with E-state index in [1.807, 2.05) is 0 Å². The smallest absolute Gasteiger partial charge is 0.202 e. The van der Waals surface area contributed by atoms with Gasteiger partial charge in [-0.3, -0.25) is 14.4 Å². The van der Waals surface area contributed by atoms with Gasteiger partial charge in [-0.05, 0) is 19.9 Å². The van der Waals surface area contributed by atoms with Gasteiger partial charge in [0.2, 0.25) is 5.78 Å². The Kier molecular flexibility index (Phi) is 10.6. The molecule has 8 N–H and O–H groups in total. The molecule has 0 saturated carbocycles. The van der Waals surface area contributed by atoms with E-state index in [0.29, 0.717) is 0 Å². The van der Waals surface area contributed by atoms with E-state index in [4.69, 9.17) is 25.1 Å². The van der Waals surface area contributed by atoms with Crippen molar-refractivity contribution < 1.29 is 59.2 Å². The molecule has 2 aliphatic carbocycles. The number of ketones is 3. The van der Waals surface area contributed by atoms with Gasteiger partial charge in [-0.1, -0.05) is 12.1 Å². The van der Waals surface area contributed by atoms with Crippen LogP contribution in [0.25, 0.3) is 0 Å². The molecule has 1 saturated heterocycles. The standard InChI is InChI=1S/C27H29NO11.C2H6O.ClH/c1-10-22(31)13(28)6-17(38-10)39-15-8-27(36,16(30)9-29)7-12-19(15)26(35)21-20(24(12)33)23(32)11-4-3-5-14(37-2)18(11)25(21)34;1-2-3;/h3-5,10,13,15,17,22,29,31,33,35-36H,6-9,28H2,1-2H3;3H,2H2,1H3;1H/t10-,13-,15-,17-,22-,27-;;/m0../s1. The first-order chi connectivity index (χ1) is 19.8. The fourth-order valence-corrected chi connectivity index (χ4v) is 5.75. The number of nitrogens with two attached hydrogens (primary N) is 1.